The number of aromatic hydroxyl groups is 1. The second kappa shape index (κ2) is 5.54. The highest BCUT2D eigenvalue weighted by Gasteiger charge is 2.42. The van der Waals surface area contributed by atoms with Crippen LogP contribution in [0, 0.1) is 19.8 Å². The number of anilines is 1. The van der Waals surface area contributed by atoms with Gasteiger partial charge in [0.1, 0.15) is 5.75 Å². The monoisotopic (exact) mass is 287 g/mol. The Hall–Kier alpha value is -1.39. The lowest BCUT2D eigenvalue weighted by molar-refractivity contribution is -0.182. The molecule has 0 amide bonds. The highest BCUT2D eigenvalue weighted by Crippen LogP contribution is 2.38. The number of alkyl halides is 3. The minimum absolute atomic E-state index is 0.128. The van der Waals surface area contributed by atoms with Crippen LogP contribution in [-0.4, -0.2) is 17.3 Å². The van der Waals surface area contributed by atoms with E-state index in [1.54, 1.807) is 19.1 Å². The third-order valence-electron chi connectivity index (χ3n) is 4.04. The molecule has 20 heavy (non-hydrogen) atoms. The smallest absolute Gasteiger partial charge is 0.391 e. The molecule has 1 aromatic rings. The van der Waals surface area contributed by atoms with Gasteiger partial charge in [-0.25, -0.2) is 0 Å². The number of aryl methyl sites for hydroxylation is 2. The number of nitrogens with one attached hydrogen (secondary N) is 1. The zero-order chi connectivity index (χ0) is 14.9. The van der Waals surface area contributed by atoms with E-state index in [2.05, 4.69) is 5.32 Å². The van der Waals surface area contributed by atoms with Crippen LogP contribution in [0.25, 0.3) is 0 Å². The van der Waals surface area contributed by atoms with Crippen molar-refractivity contribution in [3.63, 3.8) is 0 Å². The molecule has 2 N–H and O–H groups in total. The molecule has 5 heteroatoms. The summed E-state index contributed by atoms with van der Waals surface area (Å²) < 4.78 is 38.4. The van der Waals surface area contributed by atoms with Crippen LogP contribution in [0.1, 0.15) is 36.8 Å². The Kier molecular flexibility index (Phi) is 4.16. The first-order chi connectivity index (χ1) is 9.27. The van der Waals surface area contributed by atoms with Crippen LogP contribution in [-0.2, 0) is 0 Å². The summed E-state index contributed by atoms with van der Waals surface area (Å²) >= 11 is 0. The molecule has 0 saturated heterocycles. The summed E-state index contributed by atoms with van der Waals surface area (Å²) in [7, 11) is 0. The van der Waals surface area contributed by atoms with Crippen molar-refractivity contribution < 1.29 is 18.3 Å². The molecule has 2 atom stereocenters. The van der Waals surface area contributed by atoms with Gasteiger partial charge in [-0.3, -0.25) is 0 Å². The molecule has 1 aliphatic rings. The van der Waals surface area contributed by atoms with Crippen molar-refractivity contribution in [3.8, 4) is 5.75 Å². The Bertz CT molecular complexity index is 485. The van der Waals surface area contributed by atoms with E-state index in [1.807, 2.05) is 6.92 Å². The fourth-order valence-electron chi connectivity index (χ4n) is 2.79. The van der Waals surface area contributed by atoms with E-state index in [4.69, 9.17) is 0 Å². The Labute approximate surface area is 117 Å². The molecule has 0 heterocycles. The Morgan fingerprint density at radius 1 is 1.15 bits per heavy atom. The highest BCUT2D eigenvalue weighted by molar-refractivity contribution is 5.57. The van der Waals surface area contributed by atoms with E-state index in [0.717, 1.165) is 23.2 Å². The maximum Gasteiger partial charge on any atom is 0.391 e. The summed E-state index contributed by atoms with van der Waals surface area (Å²) in [6, 6.07) is 3.28. The number of halogens is 3. The first kappa shape index (κ1) is 15.0. The Morgan fingerprint density at radius 3 is 2.50 bits per heavy atom. The van der Waals surface area contributed by atoms with Crippen LogP contribution in [0.5, 0.6) is 5.75 Å². The average Bonchev–Trinajstić information content (AvgIpc) is 2.35. The third-order valence-corrected chi connectivity index (χ3v) is 4.04. The second-order valence-corrected chi connectivity index (χ2v) is 5.70. The molecule has 1 fully saturated rings. The number of phenols is 1. The van der Waals surface area contributed by atoms with Crippen LogP contribution >= 0.6 is 0 Å². The van der Waals surface area contributed by atoms with Crippen molar-refractivity contribution in [3.05, 3.63) is 23.3 Å². The van der Waals surface area contributed by atoms with Gasteiger partial charge in [-0.1, -0.05) is 6.42 Å². The molecule has 2 nitrogen and oxygen atoms in total. The molecule has 0 radical (unpaired) electrons. The summed E-state index contributed by atoms with van der Waals surface area (Å²) in [4.78, 5) is 0. The van der Waals surface area contributed by atoms with Crippen LogP contribution in [0.3, 0.4) is 0 Å². The van der Waals surface area contributed by atoms with E-state index in [9.17, 15) is 18.3 Å². The summed E-state index contributed by atoms with van der Waals surface area (Å²) in [6.45, 7) is 3.62. The summed E-state index contributed by atoms with van der Waals surface area (Å²) in [5, 5.41) is 12.8. The summed E-state index contributed by atoms with van der Waals surface area (Å²) in [5.41, 5.74) is 2.39. The normalized spacial score (nSPS) is 23.6. The van der Waals surface area contributed by atoms with Crippen molar-refractivity contribution >= 4 is 5.69 Å². The topological polar surface area (TPSA) is 32.3 Å². The summed E-state index contributed by atoms with van der Waals surface area (Å²) in [5.74, 6) is -0.989. The number of rotatable bonds is 2. The Balaban J connectivity index is 2.08. The van der Waals surface area contributed by atoms with Crippen molar-refractivity contribution in [1.29, 1.82) is 0 Å². The summed E-state index contributed by atoms with van der Waals surface area (Å²) in [6.07, 6.45) is -2.39. The highest BCUT2D eigenvalue weighted by atomic mass is 19.4. The quantitative estimate of drug-likeness (QED) is 0.783. The first-order valence-corrected chi connectivity index (χ1v) is 6.91. The molecule has 0 aromatic heterocycles. The lowest BCUT2D eigenvalue weighted by Crippen LogP contribution is -2.34. The van der Waals surface area contributed by atoms with Crippen molar-refractivity contribution in [1.82, 2.24) is 0 Å². The molecular weight excluding hydrogens is 267 g/mol. The average molecular weight is 287 g/mol. The van der Waals surface area contributed by atoms with E-state index < -0.39 is 12.1 Å². The molecule has 112 valence electrons. The van der Waals surface area contributed by atoms with Crippen LogP contribution in [0.2, 0.25) is 0 Å². The standard InChI is InChI=1S/C15H20F3NO/c1-9-7-14(20)10(2)6-13(9)19-12-5-3-4-11(8-12)15(16,17)18/h6-7,11-12,19-20H,3-5,8H2,1-2H3. The predicted molar refractivity (Wildman–Crippen MR) is 73.0 cm³/mol. The lowest BCUT2D eigenvalue weighted by atomic mass is 9.85. The van der Waals surface area contributed by atoms with Crippen molar-refractivity contribution in [2.45, 2.75) is 51.7 Å². The van der Waals surface area contributed by atoms with Gasteiger partial charge >= 0.3 is 6.18 Å². The predicted octanol–water partition coefficient (Wildman–Crippen LogP) is 4.54. The van der Waals surface area contributed by atoms with Gasteiger partial charge in [0.2, 0.25) is 0 Å². The molecule has 2 unspecified atom stereocenters. The molecular formula is C15H20F3NO. The van der Waals surface area contributed by atoms with E-state index in [-0.39, 0.29) is 24.6 Å². The zero-order valence-electron chi connectivity index (χ0n) is 11.7. The van der Waals surface area contributed by atoms with Crippen molar-refractivity contribution in [2.24, 2.45) is 5.92 Å². The van der Waals surface area contributed by atoms with Gasteiger partial charge in [-0.2, -0.15) is 13.2 Å². The molecule has 2 rings (SSSR count). The molecule has 1 saturated carbocycles. The van der Waals surface area contributed by atoms with Gasteiger partial charge in [-0.15, -0.1) is 0 Å². The van der Waals surface area contributed by atoms with E-state index in [0.29, 0.717) is 6.42 Å². The SMILES string of the molecule is Cc1cc(NC2CCCC(C(F)(F)F)C2)c(C)cc1O. The second-order valence-electron chi connectivity index (χ2n) is 5.70. The number of benzene rings is 1. The lowest BCUT2D eigenvalue weighted by Gasteiger charge is -2.32. The first-order valence-electron chi connectivity index (χ1n) is 6.91. The fraction of sp³-hybridized carbons (Fsp3) is 0.600. The van der Waals surface area contributed by atoms with Gasteiger partial charge in [0.15, 0.2) is 0 Å². The third kappa shape index (κ3) is 3.38. The minimum Gasteiger partial charge on any atom is -0.508 e. The minimum atomic E-state index is -4.10. The maximum atomic E-state index is 12.8. The number of hydrogen-bond donors (Lipinski definition) is 2. The van der Waals surface area contributed by atoms with Gasteiger partial charge < -0.3 is 10.4 Å². The number of hydrogen-bond acceptors (Lipinski definition) is 2. The van der Waals surface area contributed by atoms with Gasteiger partial charge in [0.25, 0.3) is 0 Å². The molecule has 0 spiro atoms. The Morgan fingerprint density at radius 2 is 1.85 bits per heavy atom. The molecule has 0 bridgehead atoms. The van der Waals surface area contributed by atoms with Gasteiger partial charge in [-0.05, 0) is 56.4 Å². The molecule has 0 aliphatic heterocycles. The maximum absolute atomic E-state index is 12.8. The van der Waals surface area contributed by atoms with Gasteiger partial charge in [0.05, 0.1) is 5.92 Å². The largest absolute Gasteiger partial charge is 0.508 e. The zero-order valence-corrected chi connectivity index (χ0v) is 11.7. The van der Waals surface area contributed by atoms with Crippen LogP contribution in [0.15, 0.2) is 12.1 Å². The van der Waals surface area contributed by atoms with Gasteiger partial charge in [0, 0.05) is 11.7 Å². The van der Waals surface area contributed by atoms with Crippen molar-refractivity contribution in [2.75, 3.05) is 5.32 Å². The van der Waals surface area contributed by atoms with Crippen LogP contribution in [0.4, 0.5) is 18.9 Å². The molecule has 1 aliphatic carbocycles. The van der Waals surface area contributed by atoms with Crippen LogP contribution < -0.4 is 5.32 Å². The number of phenolic OH excluding ortho intramolecular Hbond substituents is 1. The molecule has 1 aromatic carbocycles. The van der Waals surface area contributed by atoms with E-state index >= 15 is 0 Å². The van der Waals surface area contributed by atoms with E-state index in [1.165, 1.54) is 0 Å². The fourth-order valence-corrected chi connectivity index (χ4v) is 2.79.